The molecule has 0 amide bonds. The molecule has 6 heteroatoms. The summed E-state index contributed by atoms with van der Waals surface area (Å²) in [5.41, 5.74) is 2.69. The molecule has 0 bridgehead atoms. The van der Waals surface area contributed by atoms with Crippen LogP contribution in [0.3, 0.4) is 0 Å². The quantitative estimate of drug-likeness (QED) is 0.787. The van der Waals surface area contributed by atoms with Crippen molar-refractivity contribution < 1.29 is 9.47 Å². The van der Waals surface area contributed by atoms with Gasteiger partial charge in [0.1, 0.15) is 16.4 Å². The third kappa shape index (κ3) is 3.19. The molecule has 21 heavy (non-hydrogen) atoms. The molecule has 2 aromatic rings. The molecule has 4 nitrogen and oxygen atoms in total. The van der Waals surface area contributed by atoms with Crippen molar-refractivity contribution in [1.82, 2.24) is 9.97 Å². The third-order valence-corrected chi connectivity index (χ3v) is 3.83. The smallest absolute Gasteiger partial charge is 0.162 e. The molecule has 0 radical (unpaired) electrons. The molecule has 0 N–H and O–H groups in total. The fraction of sp³-hybridized carbons (Fsp3) is 0.333. The first kappa shape index (κ1) is 14.7. The molecular weight excluding hydrogens is 311 g/mol. The first-order chi connectivity index (χ1) is 10.1. The van der Waals surface area contributed by atoms with Crippen LogP contribution >= 0.6 is 23.2 Å². The zero-order valence-electron chi connectivity index (χ0n) is 11.5. The Labute approximate surface area is 133 Å². The Kier molecular flexibility index (Phi) is 4.40. The summed E-state index contributed by atoms with van der Waals surface area (Å²) in [5, 5.41) is 0.644. The van der Waals surface area contributed by atoms with Crippen LogP contribution in [0.1, 0.15) is 17.5 Å². The highest BCUT2D eigenvalue weighted by atomic mass is 35.5. The molecular formula is C15H14Cl2N2O2. The van der Waals surface area contributed by atoms with Crippen molar-refractivity contribution in [1.29, 1.82) is 0 Å². The van der Waals surface area contributed by atoms with E-state index in [0.717, 1.165) is 11.1 Å². The molecule has 1 unspecified atom stereocenters. The van der Waals surface area contributed by atoms with E-state index in [1.54, 1.807) is 0 Å². The summed E-state index contributed by atoms with van der Waals surface area (Å²) in [7, 11) is 0. The van der Waals surface area contributed by atoms with E-state index < -0.39 is 0 Å². The summed E-state index contributed by atoms with van der Waals surface area (Å²) in [6.45, 7) is 3.53. The Hall–Kier alpha value is -1.20. The standard InChI is InChI=1S/C15H14Cl2N2O2/c1-9-2-4-10(5-3-9)12-13(16)18-15(19-14(12)17)11-8-20-6-7-21-11/h2-5,11H,6-8H2,1H3. The van der Waals surface area contributed by atoms with Crippen molar-refractivity contribution in [2.75, 3.05) is 19.8 Å². The average Bonchev–Trinajstić information content (AvgIpc) is 2.49. The van der Waals surface area contributed by atoms with Gasteiger partial charge in [-0.15, -0.1) is 0 Å². The number of aryl methyl sites for hydroxylation is 1. The van der Waals surface area contributed by atoms with Gasteiger partial charge in [0.25, 0.3) is 0 Å². The van der Waals surface area contributed by atoms with Gasteiger partial charge in [0.05, 0.1) is 25.4 Å². The number of hydrogen-bond donors (Lipinski definition) is 0. The monoisotopic (exact) mass is 324 g/mol. The molecule has 110 valence electrons. The summed E-state index contributed by atoms with van der Waals surface area (Å²) < 4.78 is 10.9. The van der Waals surface area contributed by atoms with E-state index in [9.17, 15) is 0 Å². The van der Waals surface area contributed by atoms with Gasteiger partial charge in [-0.3, -0.25) is 0 Å². The van der Waals surface area contributed by atoms with Crippen LogP contribution in [0.2, 0.25) is 10.3 Å². The van der Waals surface area contributed by atoms with Gasteiger partial charge in [0.15, 0.2) is 5.82 Å². The second-order valence-corrected chi connectivity index (χ2v) is 5.55. The van der Waals surface area contributed by atoms with Gasteiger partial charge in [0.2, 0.25) is 0 Å². The maximum atomic E-state index is 6.30. The van der Waals surface area contributed by atoms with Gasteiger partial charge in [-0.05, 0) is 12.5 Å². The van der Waals surface area contributed by atoms with Gasteiger partial charge in [-0.2, -0.15) is 0 Å². The molecule has 1 aromatic heterocycles. The minimum Gasteiger partial charge on any atom is -0.376 e. The van der Waals surface area contributed by atoms with Crippen molar-refractivity contribution in [3.05, 3.63) is 46.0 Å². The lowest BCUT2D eigenvalue weighted by atomic mass is 10.1. The Morgan fingerprint density at radius 1 is 1.05 bits per heavy atom. The van der Waals surface area contributed by atoms with Gasteiger partial charge >= 0.3 is 0 Å². The minimum absolute atomic E-state index is 0.319. The number of halogens is 2. The minimum atomic E-state index is -0.319. The number of nitrogens with zero attached hydrogens (tertiary/aromatic N) is 2. The first-order valence-corrected chi connectivity index (χ1v) is 7.40. The lowest BCUT2D eigenvalue weighted by Gasteiger charge is -2.22. The second kappa shape index (κ2) is 6.28. The number of benzene rings is 1. The molecule has 3 rings (SSSR count). The summed E-state index contributed by atoms with van der Waals surface area (Å²) in [6.07, 6.45) is -0.319. The van der Waals surface area contributed by atoms with Crippen LogP contribution in [0.5, 0.6) is 0 Å². The lowest BCUT2D eigenvalue weighted by molar-refractivity contribution is -0.0935. The molecule has 0 spiro atoms. The fourth-order valence-corrected chi connectivity index (χ4v) is 2.78. The summed E-state index contributed by atoms with van der Waals surface area (Å²) in [4.78, 5) is 8.64. The number of hydrogen-bond acceptors (Lipinski definition) is 4. The number of rotatable bonds is 2. The maximum absolute atomic E-state index is 6.30. The molecule has 0 saturated carbocycles. The Morgan fingerprint density at radius 3 is 2.29 bits per heavy atom. The van der Waals surface area contributed by atoms with E-state index in [1.165, 1.54) is 0 Å². The largest absolute Gasteiger partial charge is 0.376 e. The predicted molar refractivity (Wildman–Crippen MR) is 81.7 cm³/mol. The van der Waals surface area contributed by atoms with E-state index in [4.69, 9.17) is 32.7 Å². The summed E-state index contributed by atoms with van der Waals surface area (Å²) in [5.74, 6) is 0.459. The second-order valence-electron chi connectivity index (χ2n) is 4.84. The SMILES string of the molecule is Cc1ccc(-c2c(Cl)nc(C3COCCO3)nc2Cl)cc1. The molecule has 1 atom stereocenters. The molecule has 1 fully saturated rings. The van der Waals surface area contributed by atoms with E-state index in [2.05, 4.69) is 9.97 Å². The average molecular weight is 325 g/mol. The van der Waals surface area contributed by atoms with Gasteiger partial charge in [-0.1, -0.05) is 53.0 Å². The Balaban J connectivity index is 1.97. The van der Waals surface area contributed by atoms with Crippen molar-refractivity contribution in [3.63, 3.8) is 0 Å². The number of aromatic nitrogens is 2. The van der Waals surface area contributed by atoms with Crippen LogP contribution < -0.4 is 0 Å². The van der Waals surface area contributed by atoms with Crippen LogP contribution in [-0.2, 0) is 9.47 Å². The predicted octanol–water partition coefficient (Wildman–Crippen LogP) is 3.85. The number of ether oxygens (including phenoxy) is 2. The fourth-order valence-electron chi connectivity index (χ4n) is 2.16. The zero-order chi connectivity index (χ0) is 14.8. The molecule has 0 aliphatic carbocycles. The van der Waals surface area contributed by atoms with Crippen LogP contribution in [0.4, 0.5) is 0 Å². The van der Waals surface area contributed by atoms with Crippen LogP contribution in [0.25, 0.3) is 11.1 Å². The zero-order valence-corrected chi connectivity index (χ0v) is 13.0. The van der Waals surface area contributed by atoms with E-state index in [-0.39, 0.29) is 6.10 Å². The van der Waals surface area contributed by atoms with Gasteiger partial charge in [0, 0.05) is 0 Å². The highest BCUT2D eigenvalue weighted by Crippen LogP contribution is 2.34. The van der Waals surface area contributed by atoms with Gasteiger partial charge in [-0.25, -0.2) is 9.97 Å². The van der Waals surface area contributed by atoms with Gasteiger partial charge < -0.3 is 9.47 Å². The third-order valence-electron chi connectivity index (χ3n) is 3.28. The van der Waals surface area contributed by atoms with Crippen molar-refractivity contribution in [2.24, 2.45) is 0 Å². The first-order valence-electron chi connectivity index (χ1n) is 6.64. The molecule has 1 aliphatic heterocycles. The van der Waals surface area contributed by atoms with Crippen molar-refractivity contribution in [2.45, 2.75) is 13.0 Å². The van der Waals surface area contributed by atoms with Crippen molar-refractivity contribution >= 4 is 23.2 Å². The Morgan fingerprint density at radius 2 is 1.71 bits per heavy atom. The lowest BCUT2D eigenvalue weighted by Crippen LogP contribution is -2.23. The molecule has 1 saturated heterocycles. The van der Waals surface area contributed by atoms with E-state index in [0.29, 0.717) is 41.5 Å². The van der Waals surface area contributed by atoms with Crippen LogP contribution in [-0.4, -0.2) is 29.8 Å². The molecule has 1 aliphatic rings. The highest BCUT2D eigenvalue weighted by molar-refractivity contribution is 6.37. The van der Waals surface area contributed by atoms with E-state index >= 15 is 0 Å². The highest BCUT2D eigenvalue weighted by Gasteiger charge is 2.23. The summed E-state index contributed by atoms with van der Waals surface area (Å²) >= 11 is 12.6. The molecule has 2 heterocycles. The normalized spacial score (nSPS) is 18.7. The topological polar surface area (TPSA) is 44.2 Å². The maximum Gasteiger partial charge on any atom is 0.162 e. The van der Waals surface area contributed by atoms with Crippen LogP contribution in [0, 0.1) is 6.92 Å². The molecule has 1 aromatic carbocycles. The van der Waals surface area contributed by atoms with Crippen molar-refractivity contribution in [3.8, 4) is 11.1 Å². The van der Waals surface area contributed by atoms with E-state index in [1.807, 2.05) is 31.2 Å². The Bertz CT molecular complexity index is 618. The van der Waals surface area contributed by atoms with Crippen LogP contribution in [0.15, 0.2) is 24.3 Å². The summed E-state index contributed by atoms with van der Waals surface area (Å²) in [6, 6.07) is 7.89.